The Morgan fingerprint density at radius 1 is 1.15 bits per heavy atom. The first-order valence-electron chi connectivity index (χ1n) is 9.21. The lowest BCUT2D eigenvalue weighted by atomic mass is 9.89. The second-order valence-electron chi connectivity index (χ2n) is 6.96. The summed E-state index contributed by atoms with van der Waals surface area (Å²) in [5.74, 6) is -1.19. The van der Waals surface area contributed by atoms with E-state index < -0.39 is 5.97 Å². The number of nitrogens with one attached hydrogen (secondary N) is 2. The number of fused-ring (bicyclic) bond motifs is 1. The summed E-state index contributed by atoms with van der Waals surface area (Å²) in [7, 11) is 0. The first-order chi connectivity index (χ1) is 12.9. The second-order valence-corrected chi connectivity index (χ2v) is 6.96. The van der Waals surface area contributed by atoms with E-state index in [0.29, 0.717) is 5.56 Å². The number of aromatic amines is 1. The van der Waals surface area contributed by atoms with Crippen LogP contribution < -0.4 is 5.32 Å². The minimum absolute atomic E-state index is 0.149. The molecule has 2 N–H and O–H groups in total. The summed E-state index contributed by atoms with van der Waals surface area (Å²) < 4.78 is 5.02. The summed E-state index contributed by atoms with van der Waals surface area (Å²) >= 11 is 0. The molecule has 0 saturated carbocycles. The molecule has 6 nitrogen and oxygen atoms in total. The fourth-order valence-electron chi connectivity index (χ4n) is 3.31. The van der Waals surface area contributed by atoms with Crippen LogP contribution in [0, 0.1) is 0 Å². The third-order valence-corrected chi connectivity index (χ3v) is 4.89. The van der Waals surface area contributed by atoms with Gasteiger partial charge in [-0.25, -0.2) is 4.79 Å². The number of esters is 1. The van der Waals surface area contributed by atoms with Gasteiger partial charge in [0, 0.05) is 11.8 Å². The van der Waals surface area contributed by atoms with Crippen molar-refractivity contribution in [2.45, 2.75) is 45.6 Å². The number of ether oxygens (including phenoxy) is 1. The fraction of sp³-hybridized carbons (Fsp3) is 0.381. The average molecular weight is 368 g/mol. The normalized spacial score (nSPS) is 14.1. The molecule has 1 atom stereocenters. The van der Waals surface area contributed by atoms with Gasteiger partial charge in [-0.2, -0.15) is 0 Å². The Balaban J connectivity index is 1.52. The van der Waals surface area contributed by atoms with Crippen LogP contribution in [-0.2, 0) is 22.4 Å². The average Bonchev–Trinajstić information content (AvgIpc) is 3.16. The van der Waals surface area contributed by atoms with Gasteiger partial charge < -0.3 is 15.0 Å². The predicted octanol–water partition coefficient (Wildman–Crippen LogP) is 3.13. The summed E-state index contributed by atoms with van der Waals surface area (Å²) in [6.07, 6.45) is 6.09. The van der Waals surface area contributed by atoms with Gasteiger partial charge >= 0.3 is 5.97 Å². The molecule has 0 spiro atoms. The number of amides is 1. The summed E-state index contributed by atoms with van der Waals surface area (Å²) in [6.45, 7) is 2.95. The van der Waals surface area contributed by atoms with E-state index in [-0.39, 0.29) is 30.0 Å². The number of rotatable bonds is 6. The van der Waals surface area contributed by atoms with Crippen molar-refractivity contribution in [2.24, 2.45) is 0 Å². The Kier molecular flexibility index (Phi) is 5.74. The van der Waals surface area contributed by atoms with Gasteiger partial charge in [-0.1, -0.05) is 18.2 Å². The number of carbonyl (C=O) groups is 3. The SMILES string of the molecule is CC(=O)c1c[nH]c(C(=O)OCC(=O)NC(C)c2ccc3c(c2)CCCC3)c1. The number of carbonyl (C=O) groups excluding carboxylic acids is 3. The number of hydrogen-bond donors (Lipinski definition) is 2. The van der Waals surface area contributed by atoms with Gasteiger partial charge in [-0.05, 0) is 62.3 Å². The smallest absolute Gasteiger partial charge is 0.355 e. The molecule has 0 bridgehead atoms. The van der Waals surface area contributed by atoms with Gasteiger partial charge in [-0.3, -0.25) is 9.59 Å². The number of H-pyrrole nitrogens is 1. The summed E-state index contributed by atoms with van der Waals surface area (Å²) in [5, 5.41) is 2.85. The maximum Gasteiger partial charge on any atom is 0.355 e. The van der Waals surface area contributed by atoms with E-state index in [9.17, 15) is 14.4 Å². The van der Waals surface area contributed by atoms with Gasteiger partial charge in [0.1, 0.15) is 5.69 Å². The predicted molar refractivity (Wildman–Crippen MR) is 101 cm³/mol. The third kappa shape index (κ3) is 4.64. The highest BCUT2D eigenvalue weighted by Crippen LogP contribution is 2.24. The first kappa shape index (κ1) is 18.9. The van der Waals surface area contributed by atoms with Crippen molar-refractivity contribution >= 4 is 17.7 Å². The number of benzene rings is 1. The number of aryl methyl sites for hydroxylation is 2. The molecule has 1 unspecified atom stereocenters. The van der Waals surface area contributed by atoms with Crippen molar-refractivity contribution in [3.63, 3.8) is 0 Å². The van der Waals surface area contributed by atoms with Crippen molar-refractivity contribution in [3.05, 3.63) is 58.4 Å². The molecule has 1 aromatic carbocycles. The largest absolute Gasteiger partial charge is 0.451 e. The van der Waals surface area contributed by atoms with Gasteiger partial charge in [0.2, 0.25) is 0 Å². The van der Waals surface area contributed by atoms with Crippen molar-refractivity contribution in [1.29, 1.82) is 0 Å². The van der Waals surface area contributed by atoms with Crippen LogP contribution in [0.1, 0.15) is 70.3 Å². The van der Waals surface area contributed by atoms with Gasteiger partial charge in [0.05, 0.1) is 6.04 Å². The van der Waals surface area contributed by atoms with Crippen LogP contribution in [-0.4, -0.2) is 29.3 Å². The van der Waals surface area contributed by atoms with Crippen molar-refractivity contribution in [2.75, 3.05) is 6.61 Å². The quantitative estimate of drug-likeness (QED) is 0.606. The molecule has 3 rings (SSSR count). The van der Waals surface area contributed by atoms with E-state index in [0.717, 1.165) is 18.4 Å². The molecule has 1 aliphatic rings. The molecule has 1 aromatic heterocycles. The van der Waals surface area contributed by atoms with Crippen LogP contribution in [0.4, 0.5) is 0 Å². The minimum atomic E-state index is -0.668. The highest BCUT2D eigenvalue weighted by Gasteiger charge is 2.17. The molecular weight excluding hydrogens is 344 g/mol. The Hall–Kier alpha value is -2.89. The van der Waals surface area contributed by atoms with Crippen LogP contribution in [0.15, 0.2) is 30.5 Å². The lowest BCUT2D eigenvalue weighted by Gasteiger charge is -2.20. The zero-order valence-electron chi connectivity index (χ0n) is 15.6. The molecule has 1 heterocycles. The number of hydrogen-bond acceptors (Lipinski definition) is 4. The number of ketones is 1. The molecule has 27 heavy (non-hydrogen) atoms. The molecular formula is C21H24N2O4. The molecule has 2 aromatic rings. The van der Waals surface area contributed by atoms with Crippen molar-refractivity contribution in [3.8, 4) is 0 Å². The lowest BCUT2D eigenvalue weighted by Crippen LogP contribution is -2.31. The molecule has 0 saturated heterocycles. The molecule has 142 valence electrons. The van der Waals surface area contributed by atoms with E-state index in [4.69, 9.17) is 4.74 Å². The van der Waals surface area contributed by atoms with Gasteiger partial charge in [0.25, 0.3) is 5.91 Å². The summed E-state index contributed by atoms with van der Waals surface area (Å²) in [4.78, 5) is 38.0. The zero-order valence-corrected chi connectivity index (χ0v) is 15.6. The van der Waals surface area contributed by atoms with Crippen LogP contribution in [0.3, 0.4) is 0 Å². The van der Waals surface area contributed by atoms with E-state index in [1.807, 2.05) is 13.0 Å². The van der Waals surface area contributed by atoms with Gasteiger partial charge in [0.15, 0.2) is 12.4 Å². The number of aromatic nitrogens is 1. The Morgan fingerprint density at radius 3 is 2.59 bits per heavy atom. The van der Waals surface area contributed by atoms with Crippen molar-refractivity contribution in [1.82, 2.24) is 10.3 Å². The van der Waals surface area contributed by atoms with Gasteiger partial charge in [-0.15, -0.1) is 0 Å². The van der Waals surface area contributed by atoms with E-state index in [1.54, 1.807) is 0 Å². The monoisotopic (exact) mass is 368 g/mol. The topological polar surface area (TPSA) is 88.3 Å². The minimum Gasteiger partial charge on any atom is -0.451 e. The molecule has 0 aliphatic heterocycles. The van der Waals surface area contributed by atoms with Crippen LogP contribution in [0.5, 0.6) is 0 Å². The Labute approximate surface area is 158 Å². The summed E-state index contributed by atoms with van der Waals surface area (Å²) in [5.41, 5.74) is 4.35. The standard InChI is InChI=1S/C21H24N2O4/c1-13(16-8-7-15-5-3-4-6-17(15)9-16)23-20(25)12-27-21(26)19-10-18(11-22-19)14(2)24/h7-11,13,22H,3-6,12H2,1-2H3,(H,23,25). The van der Waals surface area contributed by atoms with E-state index in [1.165, 1.54) is 43.2 Å². The number of Topliss-reactive ketones (excluding diaryl/α,β-unsaturated/α-hetero) is 1. The maximum atomic E-state index is 12.1. The van der Waals surface area contributed by atoms with Crippen LogP contribution in [0.2, 0.25) is 0 Å². The van der Waals surface area contributed by atoms with E-state index >= 15 is 0 Å². The fourth-order valence-corrected chi connectivity index (χ4v) is 3.31. The molecule has 1 amide bonds. The van der Waals surface area contributed by atoms with Crippen LogP contribution >= 0.6 is 0 Å². The lowest BCUT2D eigenvalue weighted by molar-refractivity contribution is -0.124. The first-order valence-corrected chi connectivity index (χ1v) is 9.21. The third-order valence-electron chi connectivity index (χ3n) is 4.89. The Morgan fingerprint density at radius 2 is 1.89 bits per heavy atom. The van der Waals surface area contributed by atoms with E-state index in [2.05, 4.69) is 22.4 Å². The highest BCUT2D eigenvalue weighted by molar-refractivity contribution is 5.97. The Bertz CT molecular complexity index is 869. The molecule has 1 aliphatic carbocycles. The van der Waals surface area contributed by atoms with Crippen LogP contribution in [0.25, 0.3) is 0 Å². The molecule has 0 fully saturated rings. The summed E-state index contributed by atoms with van der Waals surface area (Å²) in [6, 6.07) is 7.60. The van der Waals surface area contributed by atoms with Crippen molar-refractivity contribution < 1.29 is 19.1 Å². The molecule has 6 heteroatoms. The maximum absolute atomic E-state index is 12.1. The zero-order chi connectivity index (χ0) is 19.4. The molecule has 0 radical (unpaired) electrons. The highest BCUT2D eigenvalue weighted by atomic mass is 16.5. The second kappa shape index (κ2) is 8.20.